The SMILES string of the molecule is O=C(O)C1C2Cc3cc(-c4ccc(-c5nc6c(-c7c(C(F)(F)F)ccc8[nH]c(-c9ccc(-c%10ccc%11c(c%10)CC%10C(C(=O)O)C%11%10)cc9)nc78)cc(C(F)(F)F)cc6[nH]5)cc4)ccc3C21. The molecule has 64 heavy (non-hydrogen) atoms. The Bertz CT molecular complexity index is 3310. The third-order valence-corrected chi connectivity index (χ3v) is 13.9. The van der Waals surface area contributed by atoms with Gasteiger partial charge in [-0.3, -0.25) is 9.59 Å². The van der Waals surface area contributed by atoms with E-state index in [0.29, 0.717) is 30.0 Å². The van der Waals surface area contributed by atoms with Crippen LogP contribution in [0.2, 0.25) is 0 Å². The molecule has 8 nitrogen and oxygen atoms in total. The maximum Gasteiger partial charge on any atom is 0.417 e. The molecule has 2 heterocycles. The summed E-state index contributed by atoms with van der Waals surface area (Å²) < 4.78 is 88.5. The van der Waals surface area contributed by atoms with Gasteiger partial charge < -0.3 is 20.2 Å². The number of hydrogen-bond donors (Lipinski definition) is 4. The number of carboxylic acids is 2. The summed E-state index contributed by atoms with van der Waals surface area (Å²) in [5.74, 6) is -1.52. The minimum Gasteiger partial charge on any atom is -0.481 e. The van der Waals surface area contributed by atoms with Crippen LogP contribution < -0.4 is 0 Å². The predicted octanol–water partition coefficient (Wildman–Crippen LogP) is 11.8. The third kappa shape index (κ3) is 5.91. The van der Waals surface area contributed by atoms with Crippen LogP contribution in [0.4, 0.5) is 26.3 Å². The molecule has 0 radical (unpaired) electrons. The van der Waals surface area contributed by atoms with E-state index < -0.39 is 41.0 Å². The second-order valence-electron chi connectivity index (χ2n) is 17.5. The van der Waals surface area contributed by atoms with E-state index in [2.05, 4.69) is 26.0 Å². The molecule has 0 saturated heterocycles. The first-order valence-electron chi connectivity index (χ1n) is 20.7. The van der Waals surface area contributed by atoms with Crippen LogP contribution in [0, 0.1) is 23.7 Å². The molecular weight excluding hydrogens is 835 g/mol. The number of carbonyl (C=O) groups is 2. The van der Waals surface area contributed by atoms with Gasteiger partial charge in [0.2, 0.25) is 0 Å². The Hall–Kier alpha value is -7.22. The zero-order valence-corrected chi connectivity index (χ0v) is 33.1. The molecular formula is C50H32F6N4O4. The lowest BCUT2D eigenvalue weighted by molar-refractivity contribution is -0.140. The molecule has 2 saturated carbocycles. The van der Waals surface area contributed by atoms with Gasteiger partial charge in [0.05, 0.1) is 45.0 Å². The first kappa shape index (κ1) is 38.5. The summed E-state index contributed by atoms with van der Waals surface area (Å²) in [6, 6.07) is 29.9. The van der Waals surface area contributed by atoms with E-state index in [9.17, 15) is 46.1 Å². The molecule has 6 unspecified atom stereocenters. The first-order chi connectivity index (χ1) is 30.6. The fourth-order valence-corrected chi connectivity index (χ4v) is 10.8. The van der Waals surface area contributed by atoms with Crippen molar-refractivity contribution in [1.29, 1.82) is 0 Å². The molecule has 0 aliphatic heterocycles. The van der Waals surface area contributed by atoms with E-state index in [-0.39, 0.29) is 74.8 Å². The molecule has 0 spiro atoms. The van der Waals surface area contributed by atoms with E-state index in [1.54, 1.807) is 24.3 Å². The number of aliphatic carboxylic acids is 2. The van der Waals surface area contributed by atoms with E-state index in [1.165, 1.54) is 6.07 Å². The lowest BCUT2D eigenvalue weighted by Gasteiger charge is -2.16. The maximum atomic E-state index is 14.9. The van der Waals surface area contributed by atoms with Gasteiger partial charge >= 0.3 is 24.3 Å². The number of aromatic nitrogens is 4. The lowest BCUT2D eigenvalue weighted by Crippen LogP contribution is -2.09. The highest BCUT2D eigenvalue weighted by Crippen LogP contribution is 2.63. The molecule has 8 aromatic rings. The number of fused-ring (bicyclic) bond motifs is 8. The summed E-state index contributed by atoms with van der Waals surface area (Å²) in [5.41, 5.74) is 5.47. The van der Waals surface area contributed by atoms with Crippen molar-refractivity contribution in [2.24, 2.45) is 23.7 Å². The predicted molar refractivity (Wildman–Crippen MR) is 225 cm³/mol. The van der Waals surface area contributed by atoms with Gasteiger partial charge in [0.15, 0.2) is 0 Å². The van der Waals surface area contributed by atoms with Gasteiger partial charge in [-0.05, 0) is 93.5 Å². The number of alkyl halides is 6. The van der Waals surface area contributed by atoms with Crippen molar-refractivity contribution in [3.63, 3.8) is 0 Å². The van der Waals surface area contributed by atoms with Gasteiger partial charge in [0.1, 0.15) is 11.6 Å². The van der Waals surface area contributed by atoms with Crippen molar-refractivity contribution in [1.82, 2.24) is 19.9 Å². The van der Waals surface area contributed by atoms with Crippen molar-refractivity contribution in [3.05, 3.63) is 143 Å². The van der Waals surface area contributed by atoms with Crippen LogP contribution in [-0.4, -0.2) is 42.1 Å². The molecule has 0 amide bonds. The van der Waals surface area contributed by atoms with Crippen LogP contribution in [0.3, 0.4) is 0 Å². The van der Waals surface area contributed by atoms with Gasteiger partial charge in [0.25, 0.3) is 0 Å². The van der Waals surface area contributed by atoms with E-state index in [0.717, 1.165) is 56.6 Å². The van der Waals surface area contributed by atoms with Crippen molar-refractivity contribution in [2.45, 2.75) is 37.0 Å². The van der Waals surface area contributed by atoms with Crippen LogP contribution >= 0.6 is 0 Å². The number of rotatable bonds is 7. The Morgan fingerprint density at radius 1 is 0.531 bits per heavy atom. The summed E-state index contributed by atoms with van der Waals surface area (Å²) in [5, 5.41) is 19.0. The number of imidazole rings is 2. The highest BCUT2D eigenvalue weighted by atomic mass is 19.4. The summed E-state index contributed by atoms with van der Waals surface area (Å²) >= 11 is 0. The van der Waals surface area contributed by atoms with Gasteiger partial charge in [-0.1, -0.05) is 84.9 Å². The van der Waals surface area contributed by atoms with Crippen molar-refractivity contribution in [2.75, 3.05) is 0 Å². The van der Waals surface area contributed by atoms with E-state index in [1.807, 2.05) is 54.6 Å². The molecule has 6 aromatic carbocycles. The highest BCUT2D eigenvalue weighted by Gasteiger charge is 2.60. The summed E-state index contributed by atoms with van der Waals surface area (Å²) in [6.07, 6.45) is -8.49. The number of benzene rings is 6. The van der Waals surface area contributed by atoms with Crippen molar-refractivity contribution >= 4 is 34.0 Å². The quantitative estimate of drug-likeness (QED) is 0.118. The lowest BCUT2D eigenvalue weighted by atomic mass is 9.94. The zero-order chi connectivity index (χ0) is 44.1. The van der Waals surface area contributed by atoms with E-state index in [4.69, 9.17) is 0 Å². The Morgan fingerprint density at radius 3 is 1.48 bits per heavy atom. The van der Waals surface area contributed by atoms with Crippen molar-refractivity contribution < 1.29 is 46.1 Å². The fourth-order valence-electron chi connectivity index (χ4n) is 10.8. The van der Waals surface area contributed by atoms with Crippen LogP contribution in [0.5, 0.6) is 0 Å². The number of halogens is 6. The molecule has 2 aromatic heterocycles. The monoisotopic (exact) mass is 866 g/mol. The summed E-state index contributed by atoms with van der Waals surface area (Å²) in [7, 11) is 0. The molecule has 4 aliphatic rings. The Balaban J connectivity index is 0.902. The molecule has 14 heteroatoms. The molecule has 4 N–H and O–H groups in total. The number of nitrogens with one attached hydrogen (secondary N) is 2. The topological polar surface area (TPSA) is 132 Å². The van der Waals surface area contributed by atoms with Gasteiger partial charge in [0, 0.05) is 34.1 Å². The number of H-pyrrole nitrogens is 2. The molecule has 0 bridgehead atoms. The van der Waals surface area contributed by atoms with Gasteiger partial charge in [-0.15, -0.1) is 0 Å². The van der Waals surface area contributed by atoms with Crippen LogP contribution in [0.1, 0.15) is 45.2 Å². The zero-order valence-electron chi connectivity index (χ0n) is 33.1. The maximum absolute atomic E-state index is 14.9. The van der Waals surface area contributed by atoms with Gasteiger partial charge in [-0.25, -0.2) is 9.97 Å². The molecule has 12 rings (SSSR count). The molecule has 318 valence electrons. The normalized spacial score (nSPS) is 21.7. The van der Waals surface area contributed by atoms with E-state index >= 15 is 0 Å². The largest absolute Gasteiger partial charge is 0.481 e. The highest BCUT2D eigenvalue weighted by molar-refractivity contribution is 6.04. The molecule has 6 atom stereocenters. The average molecular weight is 867 g/mol. The summed E-state index contributed by atoms with van der Waals surface area (Å²) in [6.45, 7) is 0. The average Bonchev–Trinajstić information content (AvgIpc) is 3.78. The van der Waals surface area contributed by atoms with Crippen molar-refractivity contribution in [3.8, 4) is 56.2 Å². The van der Waals surface area contributed by atoms with Crippen LogP contribution in [0.25, 0.3) is 78.2 Å². The summed E-state index contributed by atoms with van der Waals surface area (Å²) in [4.78, 5) is 38.4. The second kappa shape index (κ2) is 13.2. The first-order valence-corrected chi connectivity index (χ1v) is 20.7. The smallest absolute Gasteiger partial charge is 0.417 e. The number of aromatic amines is 2. The standard InChI is InChI=1S/C50H32F6N4O4/c51-49(52,53)29-19-34(43-37(20-29)58-46(59-43)24-7-3-22(4-8-24)26-10-12-31-28(16-26)18-33-39(31)42(33)48(63)64)40-35(50(54,55)56)13-14-36-44(40)60-45(57-36)23-5-1-21(2-6-23)25-9-11-30-27(15-25)17-32-38(30)41(32)47(61)62/h1-16,19-20,32-33,38-39,41-42H,17-18H2,(H,57,60)(H,58,59)(H,61,62)(H,63,64). The number of nitrogens with zero attached hydrogens (tertiary/aromatic N) is 2. The van der Waals surface area contributed by atoms with Crippen LogP contribution in [0.15, 0.2) is 109 Å². The minimum absolute atomic E-state index is 0.0405. The van der Waals surface area contributed by atoms with Gasteiger partial charge in [-0.2, -0.15) is 26.3 Å². The Morgan fingerprint density at radius 2 is 1.00 bits per heavy atom. The Kier molecular flexibility index (Phi) is 7.91. The molecule has 4 aliphatic carbocycles. The molecule has 2 fully saturated rings. The second-order valence-corrected chi connectivity index (χ2v) is 17.5. The fraction of sp³-hybridized carbons (Fsp3) is 0.200. The Labute approximate surface area is 358 Å². The van der Waals surface area contributed by atoms with Crippen LogP contribution in [-0.2, 0) is 34.8 Å². The number of carboxylic acid groups (broad SMARTS) is 2. The third-order valence-electron chi connectivity index (χ3n) is 13.9. The number of hydrogen-bond acceptors (Lipinski definition) is 4. The minimum atomic E-state index is -4.97.